The summed E-state index contributed by atoms with van der Waals surface area (Å²) in [7, 11) is 3.37. The van der Waals surface area contributed by atoms with Gasteiger partial charge < -0.3 is 19.7 Å². The van der Waals surface area contributed by atoms with Gasteiger partial charge in [-0.05, 0) is 18.1 Å². The van der Waals surface area contributed by atoms with Crippen LogP contribution in [-0.2, 0) is 21.1 Å². The van der Waals surface area contributed by atoms with Gasteiger partial charge in [0.05, 0.1) is 25.4 Å². The molecule has 1 saturated heterocycles. The van der Waals surface area contributed by atoms with Gasteiger partial charge >= 0.3 is 6.18 Å². The van der Waals surface area contributed by atoms with Crippen LogP contribution in [0, 0.1) is 5.92 Å². The van der Waals surface area contributed by atoms with Crippen LogP contribution in [0.3, 0.4) is 0 Å². The number of benzene rings is 1. The molecule has 5 nitrogen and oxygen atoms in total. The monoisotopic (exact) mass is 415 g/mol. The third-order valence-electron chi connectivity index (χ3n) is 5.24. The van der Waals surface area contributed by atoms with Crippen LogP contribution >= 0.6 is 0 Å². The Balaban J connectivity index is 1.92. The molecule has 8 heteroatoms. The van der Waals surface area contributed by atoms with Crippen molar-refractivity contribution in [3.63, 3.8) is 0 Å². The van der Waals surface area contributed by atoms with Crippen molar-refractivity contribution < 1.29 is 22.6 Å². The Morgan fingerprint density at radius 1 is 1.24 bits per heavy atom. The molecule has 1 aromatic rings. The number of rotatable bonds is 8. The zero-order valence-electron chi connectivity index (χ0n) is 17.7. The summed E-state index contributed by atoms with van der Waals surface area (Å²) in [6, 6.07) is 5.53. The van der Waals surface area contributed by atoms with Crippen LogP contribution in [0.15, 0.2) is 29.3 Å². The summed E-state index contributed by atoms with van der Waals surface area (Å²) in [4.78, 5) is 6.53. The van der Waals surface area contributed by atoms with Crippen molar-refractivity contribution in [2.75, 3.05) is 53.6 Å². The normalized spacial score (nSPS) is 18.4. The largest absolute Gasteiger partial charge is 0.416 e. The summed E-state index contributed by atoms with van der Waals surface area (Å²) in [5, 5.41) is 3.34. The standard InChI is InChI=1S/C21H32F3N3O2/c1-20(2,17-6-5-7-18(12-17)21(22,23)24)15-26-19(25-3)27-9-8-16(13-27)14-29-11-10-28-4/h5-7,12,16H,8-11,13-15H2,1-4H3,(H,25,26). The lowest BCUT2D eigenvalue weighted by Crippen LogP contribution is -2.45. The maximum absolute atomic E-state index is 13.0. The predicted molar refractivity (Wildman–Crippen MR) is 108 cm³/mol. The number of halogens is 3. The second-order valence-electron chi connectivity index (χ2n) is 8.03. The predicted octanol–water partition coefficient (Wildman–Crippen LogP) is 3.54. The molecule has 1 heterocycles. The Kier molecular flexibility index (Phi) is 8.34. The number of alkyl halides is 3. The topological polar surface area (TPSA) is 46.1 Å². The van der Waals surface area contributed by atoms with Crippen molar-refractivity contribution in [3.05, 3.63) is 35.4 Å². The SMILES string of the molecule is CN=C(NCC(C)(C)c1cccc(C(F)(F)F)c1)N1CCC(COCCOC)C1. The molecular formula is C21H32F3N3O2. The molecule has 2 rings (SSSR count). The molecule has 0 spiro atoms. The Bertz CT molecular complexity index is 677. The molecule has 1 atom stereocenters. The molecule has 0 aliphatic carbocycles. The van der Waals surface area contributed by atoms with E-state index < -0.39 is 17.2 Å². The zero-order chi connectivity index (χ0) is 21.5. The fourth-order valence-corrected chi connectivity index (χ4v) is 3.40. The molecule has 0 aromatic heterocycles. The number of ether oxygens (including phenoxy) is 2. The van der Waals surface area contributed by atoms with Gasteiger partial charge in [0.2, 0.25) is 0 Å². The van der Waals surface area contributed by atoms with Gasteiger partial charge in [-0.15, -0.1) is 0 Å². The van der Waals surface area contributed by atoms with Gasteiger partial charge in [-0.2, -0.15) is 13.2 Å². The Morgan fingerprint density at radius 3 is 2.62 bits per heavy atom. The molecule has 0 radical (unpaired) electrons. The highest BCUT2D eigenvalue weighted by Gasteiger charge is 2.32. The first-order valence-corrected chi connectivity index (χ1v) is 9.87. The number of methoxy groups -OCH3 is 1. The summed E-state index contributed by atoms with van der Waals surface area (Å²) in [6.45, 7) is 7.92. The molecule has 29 heavy (non-hydrogen) atoms. The first kappa shape index (κ1) is 23.5. The molecule has 0 bridgehead atoms. The van der Waals surface area contributed by atoms with E-state index in [4.69, 9.17) is 9.47 Å². The van der Waals surface area contributed by atoms with Crippen LogP contribution < -0.4 is 5.32 Å². The number of aliphatic imine (C=N–C) groups is 1. The first-order chi connectivity index (χ1) is 13.7. The Labute approximate surface area is 171 Å². The fraction of sp³-hybridized carbons (Fsp3) is 0.667. The van der Waals surface area contributed by atoms with E-state index in [9.17, 15) is 13.2 Å². The summed E-state index contributed by atoms with van der Waals surface area (Å²) in [6.07, 6.45) is -3.32. The number of hydrogen-bond donors (Lipinski definition) is 1. The number of nitrogens with one attached hydrogen (secondary N) is 1. The molecule has 1 aromatic carbocycles. The third kappa shape index (κ3) is 6.89. The molecule has 0 amide bonds. The Morgan fingerprint density at radius 2 is 1.97 bits per heavy atom. The van der Waals surface area contributed by atoms with E-state index in [2.05, 4.69) is 15.2 Å². The highest BCUT2D eigenvalue weighted by atomic mass is 19.4. The highest BCUT2D eigenvalue weighted by molar-refractivity contribution is 5.80. The molecule has 1 unspecified atom stereocenters. The van der Waals surface area contributed by atoms with Crippen molar-refractivity contribution >= 4 is 5.96 Å². The minimum Gasteiger partial charge on any atom is -0.382 e. The van der Waals surface area contributed by atoms with Crippen LogP contribution in [0.1, 0.15) is 31.4 Å². The molecule has 1 fully saturated rings. The number of nitrogens with zero attached hydrogens (tertiary/aromatic N) is 2. The van der Waals surface area contributed by atoms with Gasteiger partial charge in [0.15, 0.2) is 5.96 Å². The second kappa shape index (κ2) is 10.3. The van der Waals surface area contributed by atoms with Crippen LogP contribution in [0.5, 0.6) is 0 Å². The van der Waals surface area contributed by atoms with Gasteiger partial charge in [0, 0.05) is 45.1 Å². The summed E-state index contributed by atoms with van der Waals surface area (Å²) >= 11 is 0. The van der Waals surface area contributed by atoms with Gasteiger partial charge in [-0.3, -0.25) is 4.99 Å². The number of likely N-dealkylation sites (tertiary alicyclic amines) is 1. The average Bonchev–Trinajstić information content (AvgIpc) is 3.14. The van der Waals surface area contributed by atoms with Crippen LogP contribution in [0.2, 0.25) is 0 Å². The van der Waals surface area contributed by atoms with E-state index in [1.807, 2.05) is 13.8 Å². The van der Waals surface area contributed by atoms with Crippen molar-refractivity contribution in [2.24, 2.45) is 10.9 Å². The fourth-order valence-electron chi connectivity index (χ4n) is 3.40. The minimum atomic E-state index is -4.34. The van der Waals surface area contributed by atoms with Crippen molar-refractivity contribution in [2.45, 2.75) is 31.9 Å². The van der Waals surface area contributed by atoms with E-state index in [-0.39, 0.29) is 0 Å². The molecule has 1 aliphatic rings. The Hall–Kier alpha value is -1.80. The lowest BCUT2D eigenvalue weighted by atomic mass is 9.84. The zero-order valence-corrected chi connectivity index (χ0v) is 17.7. The van der Waals surface area contributed by atoms with E-state index in [0.717, 1.165) is 31.5 Å². The number of guanidine groups is 1. The third-order valence-corrected chi connectivity index (χ3v) is 5.24. The molecule has 1 aliphatic heterocycles. The quantitative estimate of drug-likeness (QED) is 0.401. The number of hydrogen-bond acceptors (Lipinski definition) is 3. The van der Waals surface area contributed by atoms with E-state index in [0.29, 0.717) is 37.8 Å². The van der Waals surface area contributed by atoms with Crippen molar-refractivity contribution in [1.82, 2.24) is 10.2 Å². The summed E-state index contributed by atoms with van der Waals surface area (Å²) in [5.74, 6) is 1.20. The minimum absolute atomic E-state index is 0.432. The smallest absolute Gasteiger partial charge is 0.382 e. The van der Waals surface area contributed by atoms with E-state index in [1.165, 1.54) is 12.1 Å². The molecular weight excluding hydrogens is 383 g/mol. The average molecular weight is 416 g/mol. The second-order valence-corrected chi connectivity index (χ2v) is 8.03. The van der Waals surface area contributed by atoms with Crippen LogP contribution in [-0.4, -0.2) is 64.5 Å². The van der Waals surface area contributed by atoms with Gasteiger partial charge in [0.25, 0.3) is 0 Å². The molecule has 164 valence electrons. The maximum atomic E-state index is 13.0. The summed E-state index contributed by atoms with van der Waals surface area (Å²) < 4.78 is 49.7. The van der Waals surface area contributed by atoms with Crippen LogP contribution in [0.25, 0.3) is 0 Å². The van der Waals surface area contributed by atoms with Crippen molar-refractivity contribution in [1.29, 1.82) is 0 Å². The van der Waals surface area contributed by atoms with Gasteiger partial charge in [-0.25, -0.2) is 0 Å². The molecule has 0 saturated carbocycles. The van der Waals surface area contributed by atoms with Gasteiger partial charge in [0.1, 0.15) is 0 Å². The summed E-state index contributed by atoms with van der Waals surface area (Å²) in [5.41, 5.74) is -0.469. The van der Waals surface area contributed by atoms with Crippen LogP contribution in [0.4, 0.5) is 13.2 Å². The highest BCUT2D eigenvalue weighted by Crippen LogP contribution is 2.32. The lowest BCUT2D eigenvalue weighted by Gasteiger charge is -2.29. The van der Waals surface area contributed by atoms with E-state index in [1.54, 1.807) is 20.2 Å². The van der Waals surface area contributed by atoms with Crippen molar-refractivity contribution in [3.8, 4) is 0 Å². The lowest BCUT2D eigenvalue weighted by molar-refractivity contribution is -0.137. The molecule has 1 N–H and O–H groups in total. The maximum Gasteiger partial charge on any atom is 0.416 e. The first-order valence-electron chi connectivity index (χ1n) is 9.87. The van der Waals surface area contributed by atoms with E-state index >= 15 is 0 Å². The van der Waals surface area contributed by atoms with Gasteiger partial charge in [-0.1, -0.05) is 32.0 Å².